The molecular formula is C17H17FN4O2. The Bertz CT molecular complexity index is 792. The molecule has 1 aliphatic heterocycles. The Morgan fingerprint density at radius 3 is 2.83 bits per heavy atom. The first kappa shape index (κ1) is 16.0. The number of esters is 1. The van der Waals surface area contributed by atoms with Crippen LogP contribution in [0.1, 0.15) is 34.6 Å². The number of carbonyl (C=O) groups excluding carboxylic acids is 1. The Labute approximate surface area is 139 Å². The third kappa shape index (κ3) is 2.95. The van der Waals surface area contributed by atoms with E-state index < -0.39 is 5.97 Å². The lowest BCUT2D eigenvalue weighted by atomic mass is 10.0. The number of aromatic nitrogens is 2. The molecule has 0 N–H and O–H groups in total. The van der Waals surface area contributed by atoms with Crippen molar-refractivity contribution in [1.82, 2.24) is 9.78 Å². The molecule has 7 heteroatoms. The van der Waals surface area contributed by atoms with E-state index in [0.717, 1.165) is 31.5 Å². The number of fused-ring (bicyclic) bond motifs is 1. The Morgan fingerprint density at radius 1 is 1.42 bits per heavy atom. The molecule has 0 spiro atoms. The molecule has 2 aromatic rings. The Morgan fingerprint density at radius 2 is 2.17 bits per heavy atom. The highest BCUT2D eigenvalue weighted by Crippen LogP contribution is 2.25. The van der Waals surface area contributed by atoms with Crippen LogP contribution in [0.4, 0.5) is 10.1 Å². The molecule has 1 aromatic carbocycles. The minimum Gasteiger partial charge on any atom is -0.465 e. The maximum Gasteiger partial charge on any atom is 0.341 e. The molecule has 0 bridgehead atoms. The zero-order chi connectivity index (χ0) is 17.1. The van der Waals surface area contributed by atoms with Crippen LogP contribution < -0.4 is 4.90 Å². The number of hydrogen-bond acceptors (Lipinski definition) is 5. The molecule has 0 aliphatic carbocycles. The summed E-state index contributed by atoms with van der Waals surface area (Å²) < 4.78 is 19.8. The van der Waals surface area contributed by atoms with Crippen LogP contribution in [0.3, 0.4) is 0 Å². The average Bonchev–Trinajstić information content (AvgIpc) is 2.98. The van der Waals surface area contributed by atoms with Crippen molar-refractivity contribution in [2.75, 3.05) is 12.0 Å². The van der Waals surface area contributed by atoms with E-state index in [9.17, 15) is 14.4 Å². The van der Waals surface area contributed by atoms with Crippen LogP contribution in [0.15, 0.2) is 24.3 Å². The quantitative estimate of drug-likeness (QED) is 0.490. The highest BCUT2D eigenvalue weighted by atomic mass is 19.1. The van der Waals surface area contributed by atoms with Gasteiger partial charge in [-0.3, -0.25) is 9.58 Å². The Balaban J connectivity index is 1.96. The van der Waals surface area contributed by atoms with Crippen LogP contribution in [0.2, 0.25) is 0 Å². The first-order valence-electron chi connectivity index (χ1n) is 7.73. The van der Waals surface area contributed by atoms with Crippen molar-refractivity contribution in [3.05, 3.63) is 47.0 Å². The molecular weight excluding hydrogens is 311 g/mol. The third-order valence-corrected chi connectivity index (χ3v) is 4.12. The third-order valence-electron chi connectivity index (χ3n) is 4.12. The molecule has 0 radical (unpaired) electrons. The maximum absolute atomic E-state index is 13.1. The maximum atomic E-state index is 13.1. The summed E-state index contributed by atoms with van der Waals surface area (Å²) in [5, 5.41) is 13.9. The van der Waals surface area contributed by atoms with E-state index >= 15 is 0 Å². The number of anilines is 1. The van der Waals surface area contributed by atoms with Gasteiger partial charge in [0.15, 0.2) is 6.19 Å². The number of hydrogen-bond donors (Lipinski definition) is 0. The molecule has 24 heavy (non-hydrogen) atoms. The number of benzene rings is 1. The largest absolute Gasteiger partial charge is 0.465 e. The number of halogens is 1. The predicted octanol–water partition coefficient (Wildman–Crippen LogP) is 2.63. The summed E-state index contributed by atoms with van der Waals surface area (Å²) in [6.45, 7) is 0.884. The molecule has 1 aromatic heterocycles. The minimum absolute atomic E-state index is 0.132. The van der Waals surface area contributed by atoms with Gasteiger partial charge in [0.1, 0.15) is 11.4 Å². The van der Waals surface area contributed by atoms with Gasteiger partial charge in [0.05, 0.1) is 30.7 Å². The number of nitrogens with zero attached hydrogens (tertiary/aromatic N) is 4. The SMILES string of the molecule is COC(=O)c1c(CN(C#N)c2ccc(F)cc2)nn2c1CCCC2. The predicted molar refractivity (Wildman–Crippen MR) is 84.7 cm³/mol. The fraction of sp³-hybridized carbons (Fsp3) is 0.353. The van der Waals surface area contributed by atoms with Gasteiger partial charge in [0, 0.05) is 6.54 Å². The molecule has 2 heterocycles. The molecule has 0 fully saturated rings. The van der Waals surface area contributed by atoms with Gasteiger partial charge in [-0.25, -0.2) is 9.18 Å². The van der Waals surface area contributed by atoms with Crippen LogP contribution in [-0.2, 0) is 24.2 Å². The van der Waals surface area contributed by atoms with Gasteiger partial charge in [-0.2, -0.15) is 10.4 Å². The van der Waals surface area contributed by atoms with E-state index in [1.165, 1.54) is 36.3 Å². The van der Waals surface area contributed by atoms with Gasteiger partial charge in [0.25, 0.3) is 0 Å². The van der Waals surface area contributed by atoms with Crippen molar-refractivity contribution in [2.24, 2.45) is 0 Å². The molecule has 0 amide bonds. The standard InChI is InChI=1S/C17H17FN4O2/c1-24-17(23)16-14(20-22-9-3-2-4-15(16)22)10-21(11-19)13-7-5-12(18)6-8-13/h5-8H,2-4,9-10H2,1H3. The monoisotopic (exact) mass is 328 g/mol. The molecule has 124 valence electrons. The van der Waals surface area contributed by atoms with E-state index in [4.69, 9.17) is 4.74 Å². The highest BCUT2D eigenvalue weighted by molar-refractivity contribution is 5.92. The van der Waals surface area contributed by atoms with Gasteiger partial charge < -0.3 is 4.74 Å². The van der Waals surface area contributed by atoms with Crippen LogP contribution >= 0.6 is 0 Å². The first-order chi connectivity index (χ1) is 11.6. The van der Waals surface area contributed by atoms with Crippen molar-refractivity contribution in [3.63, 3.8) is 0 Å². The lowest BCUT2D eigenvalue weighted by Crippen LogP contribution is -2.18. The van der Waals surface area contributed by atoms with Crippen molar-refractivity contribution in [1.29, 1.82) is 5.26 Å². The molecule has 6 nitrogen and oxygen atoms in total. The summed E-state index contributed by atoms with van der Waals surface area (Å²) in [5.74, 6) is -0.811. The van der Waals surface area contributed by atoms with Crippen molar-refractivity contribution >= 4 is 11.7 Å². The Kier molecular flexibility index (Phi) is 4.47. The summed E-state index contributed by atoms with van der Waals surface area (Å²) >= 11 is 0. The van der Waals surface area contributed by atoms with Crippen molar-refractivity contribution < 1.29 is 13.9 Å². The fourth-order valence-corrected chi connectivity index (χ4v) is 2.95. The van der Waals surface area contributed by atoms with Gasteiger partial charge in [-0.15, -0.1) is 0 Å². The van der Waals surface area contributed by atoms with E-state index in [1.807, 2.05) is 4.68 Å². The van der Waals surface area contributed by atoms with Gasteiger partial charge in [-0.05, 0) is 43.5 Å². The number of nitriles is 1. The summed E-state index contributed by atoms with van der Waals surface area (Å²) in [4.78, 5) is 13.6. The summed E-state index contributed by atoms with van der Waals surface area (Å²) in [6.07, 6.45) is 4.83. The molecule has 1 aliphatic rings. The van der Waals surface area contributed by atoms with Crippen molar-refractivity contribution in [3.8, 4) is 6.19 Å². The smallest absolute Gasteiger partial charge is 0.341 e. The lowest BCUT2D eigenvalue weighted by molar-refractivity contribution is 0.0597. The minimum atomic E-state index is -0.440. The molecule has 0 unspecified atom stereocenters. The molecule has 0 saturated carbocycles. The number of aryl methyl sites for hydroxylation is 1. The van der Waals surface area contributed by atoms with Gasteiger partial charge in [0.2, 0.25) is 0 Å². The number of rotatable bonds is 4. The van der Waals surface area contributed by atoms with Crippen LogP contribution in [0.25, 0.3) is 0 Å². The number of ether oxygens (including phenoxy) is 1. The summed E-state index contributed by atoms with van der Waals surface area (Å²) in [7, 11) is 1.33. The van der Waals surface area contributed by atoms with E-state index in [-0.39, 0.29) is 12.4 Å². The second-order valence-corrected chi connectivity index (χ2v) is 5.60. The average molecular weight is 328 g/mol. The van der Waals surface area contributed by atoms with E-state index in [0.29, 0.717) is 16.9 Å². The normalized spacial score (nSPS) is 13.0. The number of carbonyl (C=O) groups is 1. The summed E-state index contributed by atoms with van der Waals surface area (Å²) in [6, 6.07) is 5.62. The molecule has 3 rings (SSSR count). The molecule has 0 atom stereocenters. The van der Waals surface area contributed by atoms with Crippen LogP contribution in [0.5, 0.6) is 0 Å². The lowest BCUT2D eigenvalue weighted by Gasteiger charge is -2.15. The second-order valence-electron chi connectivity index (χ2n) is 5.60. The van der Waals surface area contributed by atoms with Crippen LogP contribution in [0, 0.1) is 17.3 Å². The molecule has 0 saturated heterocycles. The zero-order valence-corrected chi connectivity index (χ0v) is 13.3. The first-order valence-corrected chi connectivity index (χ1v) is 7.73. The topological polar surface area (TPSA) is 71.2 Å². The number of methoxy groups -OCH3 is 1. The van der Waals surface area contributed by atoms with E-state index in [2.05, 4.69) is 11.3 Å². The van der Waals surface area contributed by atoms with Gasteiger partial charge >= 0.3 is 5.97 Å². The Hall–Kier alpha value is -2.88. The highest BCUT2D eigenvalue weighted by Gasteiger charge is 2.27. The second kappa shape index (κ2) is 6.71. The van der Waals surface area contributed by atoms with Crippen LogP contribution in [-0.4, -0.2) is 22.9 Å². The van der Waals surface area contributed by atoms with Crippen molar-refractivity contribution in [2.45, 2.75) is 32.4 Å². The van der Waals surface area contributed by atoms with E-state index in [1.54, 1.807) is 0 Å². The zero-order valence-electron chi connectivity index (χ0n) is 13.3. The summed E-state index contributed by atoms with van der Waals surface area (Å²) in [5.41, 5.74) is 2.35. The fourth-order valence-electron chi connectivity index (χ4n) is 2.95. The van der Waals surface area contributed by atoms with Gasteiger partial charge in [-0.1, -0.05) is 0 Å².